The highest BCUT2D eigenvalue weighted by Crippen LogP contribution is 2.22. The predicted molar refractivity (Wildman–Crippen MR) is 55.8 cm³/mol. The molecule has 0 aliphatic rings. The molecule has 1 aromatic rings. The van der Waals surface area contributed by atoms with E-state index in [-0.39, 0.29) is 5.75 Å². The first-order valence-electron chi connectivity index (χ1n) is 4.34. The van der Waals surface area contributed by atoms with Crippen LogP contribution in [0.3, 0.4) is 0 Å². The molecule has 1 rings (SSSR count). The molecule has 0 bridgehead atoms. The monoisotopic (exact) mass is 217 g/mol. The van der Waals surface area contributed by atoms with E-state index in [0.717, 1.165) is 27.8 Å². The standard InChI is InChI=1S/C10H13F2NS/c1-7-2-3-9(4-8(7)5-13)14-6-10(11)12/h2-4,10H,5-6,13H2,1H3. The third-order valence-corrected chi connectivity index (χ3v) is 2.92. The molecule has 0 spiro atoms. The molecule has 0 radical (unpaired) electrons. The first-order chi connectivity index (χ1) is 6.63. The van der Waals surface area contributed by atoms with Gasteiger partial charge >= 0.3 is 0 Å². The Morgan fingerprint density at radius 1 is 1.43 bits per heavy atom. The molecule has 2 N–H and O–H groups in total. The van der Waals surface area contributed by atoms with Crippen molar-refractivity contribution in [2.24, 2.45) is 5.73 Å². The summed E-state index contributed by atoms with van der Waals surface area (Å²) in [6.07, 6.45) is -2.26. The number of hydrogen-bond donors (Lipinski definition) is 1. The van der Waals surface area contributed by atoms with Gasteiger partial charge in [0.1, 0.15) is 0 Å². The van der Waals surface area contributed by atoms with Gasteiger partial charge < -0.3 is 5.73 Å². The number of alkyl halides is 2. The van der Waals surface area contributed by atoms with Gasteiger partial charge in [0.05, 0.1) is 5.75 Å². The fraction of sp³-hybridized carbons (Fsp3) is 0.400. The quantitative estimate of drug-likeness (QED) is 0.785. The van der Waals surface area contributed by atoms with Crippen LogP contribution in [0.2, 0.25) is 0 Å². The largest absolute Gasteiger partial charge is 0.326 e. The highest BCUT2D eigenvalue weighted by Gasteiger charge is 2.04. The number of halogens is 2. The summed E-state index contributed by atoms with van der Waals surface area (Å²) in [5.41, 5.74) is 7.64. The van der Waals surface area contributed by atoms with Gasteiger partial charge in [-0.3, -0.25) is 0 Å². The SMILES string of the molecule is Cc1ccc(SCC(F)F)cc1CN. The van der Waals surface area contributed by atoms with Gasteiger partial charge in [0.15, 0.2) is 0 Å². The van der Waals surface area contributed by atoms with Gasteiger partial charge in [-0.1, -0.05) is 6.07 Å². The van der Waals surface area contributed by atoms with Crippen LogP contribution < -0.4 is 5.73 Å². The zero-order valence-corrected chi connectivity index (χ0v) is 8.78. The average Bonchev–Trinajstić information content (AvgIpc) is 2.16. The van der Waals surface area contributed by atoms with Crippen LogP contribution in [0.15, 0.2) is 23.1 Å². The van der Waals surface area contributed by atoms with Crippen molar-refractivity contribution in [1.82, 2.24) is 0 Å². The summed E-state index contributed by atoms with van der Waals surface area (Å²) in [5.74, 6) is -0.160. The van der Waals surface area contributed by atoms with Gasteiger partial charge in [-0.25, -0.2) is 8.78 Å². The summed E-state index contributed by atoms with van der Waals surface area (Å²) in [4.78, 5) is 0.858. The van der Waals surface area contributed by atoms with E-state index in [1.807, 2.05) is 25.1 Å². The normalized spacial score (nSPS) is 10.9. The van der Waals surface area contributed by atoms with Crippen LogP contribution in [-0.4, -0.2) is 12.2 Å². The number of hydrogen-bond acceptors (Lipinski definition) is 2. The molecular formula is C10H13F2NS. The Morgan fingerprint density at radius 2 is 2.14 bits per heavy atom. The summed E-state index contributed by atoms with van der Waals surface area (Å²) in [6, 6.07) is 5.64. The predicted octanol–water partition coefficient (Wildman–Crippen LogP) is 2.81. The first-order valence-corrected chi connectivity index (χ1v) is 5.32. The van der Waals surface area contributed by atoms with Crippen molar-refractivity contribution in [2.45, 2.75) is 24.8 Å². The molecule has 14 heavy (non-hydrogen) atoms. The summed E-state index contributed by atoms with van der Waals surface area (Å²) in [5, 5.41) is 0. The van der Waals surface area contributed by atoms with Gasteiger partial charge in [-0.15, -0.1) is 11.8 Å². The third kappa shape index (κ3) is 3.27. The molecule has 0 amide bonds. The number of rotatable bonds is 4. The lowest BCUT2D eigenvalue weighted by Crippen LogP contribution is -1.99. The molecule has 0 aliphatic heterocycles. The number of thioether (sulfide) groups is 1. The Balaban J connectivity index is 2.69. The van der Waals surface area contributed by atoms with Gasteiger partial charge in [0, 0.05) is 11.4 Å². The lowest BCUT2D eigenvalue weighted by Gasteiger charge is -2.06. The van der Waals surface area contributed by atoms with E-state index in [9.17, 15) is 8.78 Å². The second-order valence-electron chi connectivity index (χ2n) is 2.99. The highest BCUT2D eigenvalue weighted by molar-refractivity contribution is 7.99. The molecule has 0 aliphatic carbocycles. The molecule has 78 valence electrons. The molecule has 1 nitrogen and oxygen atoms in total. The van der Waals surface area contributed by atoms with Crippen molar-refractivity contribution in [3.8, 4) is 0 Å². The lowest BCUT2D eigenvalue weighted by molar-refractivity contribution is 0.177. The summed E-state index contributed by atoms with van der Waals surface area (Å²) >= 11 is 1.16. The zero-order valence-electron chi connectivity index (χ0n) is 7.97. The smallest absolute Gasteiger partial charge is 0.247 e. The van der Waals surface area contributed by atoms with Crippen LogP contribution in [0.25, 0.3) is 0 Å². The topological polar surface area (TPSA) is 26.0 Å². The van der Waals surface area contributed by atoms with Crippen molar-refractivity contribution in [3.63, 3.8) is 0 Å². The van der Waals surface area contributed by atoms with E-state index in [0.29, 0.717) is 6.54 Å². The first kappa shape index (κ1) is 11.5. The van der Waals surface area contributed by atoms with Crippen molar-refractivity contribution in [1.29, 1.82) is 0 Å². The van der Waals surface area contributed by atoms with Crippen LogP contribution in [0.5, 0.6) is 0 Å². The molecule has 0 saturated carbocycles. The molecule has 0 aromatic heterocycles. The third-order valence-electron chi connectivity index (χ3n) is 1.92. The minimum atomic E-state index is -2.26. The van der Waals surface area contributed by atoms with Gasteiger partial charge in [-0.2, -0.15) is 0 Å². The van der Waals surface area contributed by atoms with Gasteiger partial charge in [0.2, 0.25) is 6.43 Å². The zero-order chi connectivity index (χ0) is 10.6. The van der Waals surface area contributed by atoms with Crippen LogP contribution >= 0.6 is 11.8 Å². The van der Waals surface area contributed by atoms with Crippen molar-refractivity contribution >= 4 is 11.8 Å². The molecule has 0 unspecified atom stereocenters. The Bertz CT molecular complexity index is 302. The maximum Gasteiger partial charge on any atom is 0.247 e. The van der Waals surface area contributed by atoms with Crippen LogP contribution in [0.1, 0.15) is 11.1 Å². The molecule has 0 atom stereocenters. The lowest BCUT2D eigenvalue weighted by atomic mass is 10.1. The van der Waals surface area contributed by atoms with Crippen molar-refractivity contribution in [2.75, 3.05) is 5.75 Å². The summed E-state index contributed by atoms with van der Waals surface area (Å²) < 4.78 is 23.9. The summed E-state index contributed by atoms with van der Waals surface area (Å²) in [7, 11) is 0. The molecule has 0 heterocycles. The molecule has 1 aromatic carbocycles. The molecule has 4 heteroatoms. The minimum absolute atomic E-state index is 0.160. The van der Waals surface area contributed by atoms with Crippen LogP contribution in [-0.2, 0) is 6.54 Å². The van der Waals surface area contributed by atoms with E-state index in [1.165, 1.54) is 0 Å². The number of benzene rings is 1. The number of aryl methyl sites for hydroxylation is 1. The Labute approximate surface area is 86.7 Å². The fourth-order valence-electron chi connectivity index (χ4n) is 1.12. The maximum absolute atomic E-state index is 11.9. The van der Waals surface area contributed by atoms with Crippen LogP contribution in [0, 0.1) is 6.92 Å². The Kier molecular flexibility index (Phi) is 4.35. The van der Waals surface area contributed by atoms with Gasteiger partial charge in [-0.05, 0) is 30.2 Å². The van der Waals surface area contributed by atoms with Crippen molar-refractivity contribution < 1.29 is 8.78 Å². The second-order valence-corrected chi connectivity index (χ2v) is 4.09. The van der Waals surface area contributed by atoms with Gasteiger partial charge in [0.25, 0.3) is 0 Å². The second kappa shape index (κ2) is 5.32. The Hall–Kier alpha value is -0.610. The Morgan fingerprint density at radius 3 is 2.71 bits per heavy atom. The summed E-state index contributed by atoms with van der Waals surface area (Å²) in [6.45, 7) is 2.42. The maximum atomic E-state index is 11.9. The number of nitrogens with two attached hydrogens (primary N) is 1. The van der Waals surface area contributed by atoms with E-state index < -0.39 is 6.43 Å². The van der Waals surface area contributed by atoms with E-state index in [1.54, 1.807) is 0 Å². The molecular weight excluding hydrogens is 204 g/mol. The van der Waals surface area contributed by atoms with Crippen molar-refractivity contribution in [3.05, 3.63) is 29.3 Å². The molecule has 0 fully saturated rings. The fourth-order valence-corrected chi connectivity index (χ4v) is 1.83. The van der Waals surface area contributed by atoms with E-state index in [2.05, 4.69) is 0 Å². The minimum Gasteiger partial charge on any atom is -0.326 e. The highest BCUT2D eigenvalue weighted by atomic mass is 32.2. The van der Waals surface area contributed by atoms with E-state index >= 15 is 0 Å². The van der Waals surface area contributed by atoms with E-state index in [4.69, 9.17) is 5.73 Å². The van der Waals surface area contributed by atoms with Crippen LogP contribution in [0.4, 0.5) is 8.78 Å². The molecule has 0 saturated heterocycles. The average molecular weight is 217 g/mol.